The SMILES string of the molecule is CC(C)(C(=O)N[C@H]1CC[C@H](CC(=O)Nc2cnc(-c3ccc(C4(N)COC4)cc3)c(-c3ccccc3)c2)CC1)C(F)(F)F. The summed E-state index contributed by atoms with van der Waals surface area (Å²) in [6.45, 7) is 2.76. The van der Waals surface area contributed by atoms with Crippen molar-refractivity contribution in [3.8, 4) is 22.4 Å². The Morgan fingerprint density at radius 2 is 1.63 bits per heavy atom. The normalized spacial score (nSPS) is 20.1. The van der Waals surface area contributed by atoms with Gasteiger partial charge < -0.3 is 21.1 Å². The highest BCUT2D eigenvalue weighted by molar-refractivity contribution is 5.93. The third-order valence-electron chi connectivity index (χ3n) is 8.64. The van der Waals surface area contributed by atoms with E-state index in [1.54, 1.807) is 6.20 Å². The molecule has 4 N–H and O–H groups in total. The second-order valence-corrected chi connectivity index (χ2v) is 12.3. The van der Waals surface area contributed by atoms with Crippen LogP contribution in [0, 0.1) is 11.3 Å². The zero-order valence-corrected chi connectivity index (χ0v) is 24.3. The summed E-state index contributed by atoms with van der Waals surface area (Å²) in [4.78, 5) is 30.0. The van der Waals surface area contributed by atoms with Gasteiger partial charge in [0.2, 0.25) is 11.8 Å². The van der Waals surface area contributed by atoms with Gasteiger partial charge in [0, 0.05) is 23.6 Å². The number of amides is 2. The van der Waals surface area contributed by atoms with Crippen molar-refractivity contribution >= 4 is 17.5 Å². The van der Waals surface area contributed by atoms with Crippen LogP contribution in [0.1, 0.15) is 51.5 Å². The molecule has 228 valence electrons. The van der Waals surface area contributed by atoms with Crippen molar-refractivity contribution in [2.24, 2.45) is 17.1 Å². The minimum absolute atomic E-state index is 0.0787. The van der Waals surface area contributed by atoms with Crippen LogP contribution in [-0.4, -0.2) is 42.2 Å². The van der Waals surface area contributed by atoms with E-state index in [4.69, 9.17) is 15.5 Å². The zero-order valence-electron chi connectivity index (χ0n) is 24.3. The van der Waals surface area contributed by atoms with Crippen molar-refractivity contribution in [3.05, 3.63) is 72.4 Å². The van der Waals surface area contributed by atoms with E-state index < -0.39 is 23.0 Å². The molecule has 2 aliphatic rings. The van der Waals surface area contributed by atoms with E-state index in [1.165, 1.54) is 0 Å². The number of anilines is 1. The average molecular weight is 595 g/mol. The molecule has 1 saturated carbocycles. The van der Waals surface area contributed by atoms with Crippen molar-refractivity contribution in [2.45, 2.75) is 63.7 Å². The van der Waals surface area contributed by atoms with Gasteiger partial charge in [0.05, 0.1) is 36.3 Å². The van der Waals surface area contributed by atoms with E-state index in [-0.39, 0.29) is 24.3 Å². The molecule has 0 unspecified atom stereocenters. The van der Waals surface area contributed by atoms with Gasteiger partial charge in [-0.1, -0.05) is 54.6 Å². The third-order valence-corrected chi connectivity index (χ3v) is 8.64. The number of pyridine rings is 1. The number of ether oxygens (including phenoxy) is 1. The van der Waals surface area contributed by atoms with Crippen LogP contribution < -0.4 is 16.4 Å². The first-order valence-corrected chi connectivity index (χ1v) is 14.6. The molecule has 0 bridgehead atoms. The standard InChI is InChI=1S/C33H37F3N4O3/c1-31(2,33(34,35)36)30(42)40-25-14-8-21(9-15-25)16-28(41)39-26-17-27(22-6-4-3-5-7-22)29(38-18-26)23-10-12-24(13-11-23)32(37)19-43-20-32/h3-7,10-13,17-18,21,25H,8-9,14-16,19-20,37H2,1-2H3,(H,39,41)(H,40,42)/t21-,25-. The molecule has 1 aromatic heterocycles. The molecule has 0 spiro atoms. The molecule has 43 heavy (non-hydrogen) atoms. The highest BCUT2D eigenvalue weighted by Gasteiger charge is 2.53. The molecule has 0 radical (unpaired) electrons. The lowest BCUT2D eigenvalue weighted by atomic mass is 9.83. The van der Waals surface area contributed by atoms with Crippen LogP contribution in [0.2, 0.25) is 0 Å². The Balaban J connectivity index is 1.22. The first-order valence-electron chi connectivity index (χ1n) is 14.6. The van der Waals surface area contributed by atoms with E-state index in [9.17, 15) is 22.8 Å². The molecule has 0 atom stereocenters. The number of halogens is 3. The number of benzene rings is 2. The number of carbonyl (C=O) groups excluding carboxylic acids is 2. The molecule has 1 saturated heterocycles. The summed E-state index contributed by atoms with van der Waals surface area (Å²) in [5.41, 5.74) is 8.60. The molecule has 1 aliphatic carbocycles. The molecule has 2 heterocycles. The maximum absolute atomic E-state index is 13.2. The minimum Gasteiger partial charge on any atom is -0.377 e. The maximum Gasteiger partial charge on any atom is 0.402 e. The lowest BCUT2D eigenvalue weighted by molar-refractivity contribution is -0.211. The summed E-state index contributed by atoms with van der Waals surface area (Å²) >= 11 is 0. The topological polar surface area (TPSA) is 106 Å². The number of nitrogens with one attached hydrogen (secondary N) is 2. The van der Waals surface area contributed by atoms with E-state index in [0.29, 0.717) is 44.6 Å². The fourth-order valence-corrected chi connectivity index (χ4v) is 5.53. The molecule has 2 aromatic carbocycles. The van der Waals surface area contributed by atoms with Crippen LogP contribution >= 0.6 is 0 Å². The highest BCUT2D eigenvalue weighted by Crippen LogP contribution is 2.39. The van der Waals surface area contributed by atoms with Gasteiger partial charge in [-0.25, -0.2) is 0 Å². The van der Waals surface area contributed by atoms with Gasteiger partial charge >= 0.3 is 6.18 Å². The second kappa shape index (κ2) is 12.1. The highest BCUT2D eigenvalue weighted by atomic mass is 19.4. The number of nitrogens with two attached hydrogens (primary N) is 1. The molecular weight excluding hydrogens is 557 g/mol. The summed E-state index contributed by atoms with van der Waals surface area (Å²) < 4.78 is 44.9. The predicted molar refractivity (Wildman–Crippen MR) is 159 cm³/mol. The molecule has 1 aliphatic heterocycles. The van der Waals surface area contributed by atoms with E-state index in [1.807, 2.05) is 60.7 Å². The number of aromatic nitrogens is 1. The fourth-order valence-electron chi connectivity index (χ4n) is 5.53. The number of rotatable bonds is 8. The Morgan fingerprint density at radius 3 is 2.21 bits per heavy atom. The molecular formula is C33H37F3N4O3. The number of alkyl halides is 3. The molecule has 7 nitrogen and oxygen atoms in total. The summed E-state index contributed by atoms with van der Waals surface area (Å²) in [5.74, 6) is -1.09. The number of nitrogens with zero attached hydrogens (tertiary/aromatic N) is 1. The Morgan fingerprint density at radius 1 is 0.977 bits per heavy atom. The first-order chi connectivity index (χ1) is 20.4. The van der Waals surface area contributed by atoms with E-state index >= 15 is 0 Å². The monoisotopic (exact) mass is 594 g/mol. The third kappa shape index (κ3) is 6.75. The minimum atomic E-state index is -4.62. The summed E-state index contributed by atoms with van der Waals surface area (Å²) in [6, 6.07) is 19.4. The van der Waals surface area contributed by atoms with Crippen LogP contribution in [-0.2, 0) is 19.9 Å². The van der Waals surface area contributed by atoms with Crippen molar-refractivity contribution < 1.29 is 27.5 Å². The molecule has 2 fully saturated rings. The largest absolute Gasteiger partial charge is 0.402 e. The number of hydrogen-bond donors (Lipinski definition) is 3. The Hall–Kier alpha value is -3.76. The van der Waals surface area contributed by atoms with Crippen LogP contribution in [0.25, 0.3) is 22.4 Å². The van der Waals surface area contributed by atoms with Crippen molar-refractivity contribution in [2.75, 3.05) is 18.5 Å². The quantitative estimate of drug-likeness (QED) is 0.288. The van der Waals surface area contributed by atoms with Gasteiger partial charge in [-0.2, -0.15) is 13.2 Å². The van der Waals surface area contributed by atoms with E-state index in [2.05, 4.69) is 10.6 Å². The van der Waals surface area contributed by atoms with Gasteiger partial charge in [0.1, 0.15) is 5.41 Å². The second-order valence-electron chi connectivity index (χ2n) is 12.3. The van der Waals surface area contributed by atoms with E-state index in [0.717, 1.165) is 41.8 Å². The Kier molecular flexibility index (Phi) is 8.63. The van der Waals surface area contributed by atoms with Crippen LogP contribution in [0.15, 0.2) is 66.9 Å². The van der Waals surface area contributed by atoms with Crippen molar-refractivity contribution in [1.29, 1.82) is 0 Å². The Bertz CT molecular complexity index is 1450. The van der Waals surface area contributed by atoms with Crippen molar-refractivity contribution in [3.63, 3.8) is 0 Å². The summed E-state index contributed by atoms with van der Waals surface area (Å²) in [7, 11) is 0. The summed E-state index contributed by atoms with van der Waals surface area (Å²) in [6.07, 6.45) is -0.349. The molecule has 5 rings (SSSR count). The maximum atomic E-state index is 13.2. The number of hydrogen-bond acceptors (Lipinski definition) is 5. The predicted octanol–water partition coefficient (Wildman–Crippen LogP) is 6.19. The van der Waals surface area contributed by atoms with Crippen LogP contribution in [0.4, 0.5) is 18.9 Å². The number of carbonyl (C=O) groups is 2. The molecule has 2 amide bonds. The molecule has 10 heteroatoms. The Labute approximate surface area is 249 Å². The average Bonchev–Trinajstić information content (AvgIpc) is 2.97. The molecule has 3 aromatic rings. The van der Waals surface area contributed by atoms with Crippen molar-refractivity contribution in [1.82, 2.24) is 10.3 Å². The smallest absolute Gasteiger partial charge is 0.377 e. The zero-order chi connectivity index (χ0) is 30.8. The van der Waals surface area contributed by atoms with Gasteiger partial charge in [-0.05, 0) is 62.6 Å². The van der Waals surface area contributed by atoms with Gasteiger partial charge in [0.15, 0.2) is 0 Å². The summed E-state index contributed by atoms with van der Waals surface area (Å²) in [5, 5.41) is 5.53. The van der Waals surface area contributed by atoms with Gasteiger partial charge in [-0.15, -0.1) is 0 Å². The van der Waals surface area contributed by atoms with Gasteiger partial charge in [0.25, 0.3) is 0 Å². The van der Waals surface area contributed by atoms with Crippen LogP contribution in [0.5, 0.6) is 0 Å². The fraction of sp³-hybridized carbons (Fsp3) is 0.424. The van der Waals surface area contributed by atoms with Gasteiger partial charge in [-0.3, -0.25) is 14.6 Å². The lowest BCUT2D eigenvalue weighted by Crippen LogP contribution is -2.54. The lowest BCUT2D eigenvalue weighted by Gasteiger charge is -2.38. The first kappa shape index (κ1) is 30.7. The van der Waals surface area contributed by atoms with Crippen LogP contribution in [0.3, 0.4) is 0 Å².